The van der Waals surface area contributed by atoms with Crippen LogP contribution >= 0.6 is 11.3 Å². The maximum atomic E-state index is 15.2. The molecular weight excluding hydrogens is 551 g/mol. The summed E-state index contributed by atoms with van der Waals surface area (Å²) in [5.41, 5.74) is 3.93. The van der Waals surface area contributed by atoms with Crippen molar-refractivity contribution < 1.29 is 22.7 Å². The largest absolute Gasteiger partial charge is 0.476 e. The van der Waals surface area contributed by atoms with Gasteiger partial charge in [0.25, 0.3) is 0 Å². The molecule has 1 saturated carbocycles. The molecule has 0 atom stereocenters. The maximum Gasteiger partial charge on any atom is 0.355 e. The van der Waals surface area contributed by atoms with Gasteiger partial charge in [-0.05, 0) is 53.6 Å². The molecule has 8 nitrogen and oxygen atoms in total. The number of rotatable bonds is 10. The molecule has 0 aliphatic heterocycles. The van der Waals surface area contributed by atoms with Gasteiger partial charge >= 0.3 is 5.97 Å². The zero-order chi connectivity index (χ0) is 28.4. The Hall–Kier alpha value is -4.19. The third kappa shape index (κ3) is 6.17. The molecule has 40 heavy (non-hydrogen) atoms. The normalized spacial score (nSPS) is 13.9. The molecule has 3 aromatic carbocycles. The Morgan fingerprint density at radius 2 is 1.80 bits per heavy atom. The Labute approximate surface area is 234 Å². The number of primary sulfonamides is 1. The van der Waals surface area contributed by atoms with E-state index in [9.17, 15) is 23.7 Å². The van der Waals surface area contributed by atoms with Crippen LogP contribution in [0.5, 0.6) is 0 Å². The van der Waals surface area contributed by atoms with Crippen molar-refractivity contribution in [2.45, 2.75) is 24.2 Å². The van der Waals surface area contributed by atoms with E-state index in [4.69, 9.17) is 5.14 Å². The minimum atomic E-state index is -4.09. The van der Waals surface area contributed by atoms with Crippen LogP contribution in [-0.4, -0.2) is 30.2 Å². The molecule has 0 amide bonds. The van der Waals surface area contributed by atoms with Crippen LogP contribution in [0.15, 0.2) is 94.3 Å². The lowest BCUT2D eigenvalue weighted by molar-refractivity contribution is 0.0691. The first-order valence-electron chi connectivity index (χ1n) is 12.3. The first kappa shape index (κ1) is 27.4. The summed E-state index contributed by atoms with van der Waals surface area (Å²) in [6.45, 7) is 0. The van der Waals surface area contributed by atoms with Crippen LogP contribution < -0.4 is 10.5 Å². The van der Waals surface area contributed by atoms with E-state index in [0.29, 0.717) is 22.0 Å². The third-order valence-corrected chi connectivity index (χ3v) is 8.22. The molecule has 204 valence electrons. The van der Waals surface area contributed by atoms with Crippen molar-refractivity contribution in [3.63, 3.8) is 0 Å². The number of carbonyl (C=O) groups is 1. The number of anilines is 1. The summed E-state index contributed by atoms with van der Waals surface area (Å²) < 4.78 is 38.6. The number of allylic oxidation sites excluding steroid dienone is 2. The molecule has 0 spiro atoms. The Kier molecular flexibility index (Phi) is 7.61. The highest BCUT2D eigenvalue weighted by atomic mass is 32.2. The van der Waals surface area contributed by atoms with Gasteiger partial charge in [-0.2, -0.15) is 0 Å². The fourth-order valence-electron chi connectivity index (χ4n) is 4.36. The third-order valence-electron chi connectivity index (χ3n) is 6.56. The zero-order valence-electron chi connectivity index (χ0n) is 21.1. The van der Waals surface area contributed by atoms with Crippen molar-refractivity contribution >= 4 is 38.2 Å². The molecule has 5 rings (SSSR count). The van der Waals surface area contributed by atoms with Gasteiger partial charge in [-0.3, -0.25) is 5.41 Å². The lowest BCUT2D eigenvalue weighted by Crippen LogP contribution is -2.17. The molecule has 4 aromatic rings. The molecule has 11 heteroatoms. The summed E-state index contributed by atoms with van der Waals surface area (Å²) >= 11 is 1.13. The highest BCUT2D eigenvalue weighted by Gasteiger charge is 2.31. The number of nitrogens with two attached hydrogens (primary N) is 1. The average Bonchev–Trinajstić information content (AvgIpc) is 3.67. The molecule has 1 aliphatic carbocycles. The molecular formula is C29H25FN4O4S2. The predicted octanol–water partition coefficient (Wildman–Crippen LogP) is 5.68. The van der Waals surface area contributed by atoms with Crippen LogP contribution in [0.4, 0.5) is 9.52 Å². The Balaban J connectivity index is 1.60. The van der Waals surface area contributed by atoms with Crippen LogP contribution in [0.2, 0.25) is 0 Å². The summed E-state index contributed by atoms with van der Waals surface area (Å²) in [6.07, 6.45) is 1.67. The van der Waals surface area contributed by atoms with E-state index in [-0.39, 0.29) is 34.2 Å². The summed E-state index contributed by atoms with van der Waals surface area (Å²) in [7, 11) is -4.09. The molecule has 0 bridgehead atoms. The highest BCUT2D eigenvalue weighted by molar-refractivity contribution is 7.89. The second kappa shape index (κ2) is 11.1. The van der Waals surface area contributed by atoms with Crippen molar-refractivity contribution in [1.82, 2.24) is 4.98 Å². The van der Waals surface area contributed by atoms with E-state index < -0.39 is 21.8 Å². The lowest BCUT2D eigenvalue weighted by atomic mass is 9.91. The molecule has 5 N–H and O–H groups in total. The molecule has 0 radical (unpaired) electrons. The summed E-state index contributed by atoms with van der Waals surface area (Å²) in [4.78, 5) is 15.2. The standard InChI is InChI=1S/C29H25FN4O4S2/c30-24-15-22(40(32,37)38)12-11-20(24)14-23(27(18-9-10-18)34-29-33-25(16-39-29)28(35)36)26(31)21-8-4-7-19(13-21)17-5-2-1-3-6-17/h1-8,11-13,15-16,18,31H,9-10,14H2,(H,33,34)(H,35,36)(H2,32,37,38)/b27-23-,31-26?. The van der Waals surface area contributed by atoms with Crippen LogP contribution in [0, 0.1) is 17.1 Å². The first-order valence-corrected chi connectivity index (χ1v) is 14.8. The molecule has 1 fully saturated rings. The second-order valence-corrected chi connectivity index (χ2v) is 11.9. The average molecular weight is 577 g/mol. The number of carboxylic acids is 1. The second-order valence-electron chi connectivity index (χ2n) is 9.43. The van der Waals surface area contributed by atoms with Gasteiger partial charge in [0, 0.05) is 28.6 Å². The fraction of sp³-hybridized carbons (Fsp3) is 0.138. The molecule has 1 aliphatic rings. The number of carboxylic acid groups (broad SMARTS) is 1. The topological polar surface area (TPSA) is 146 Å². The summed E-state index contributed by atoms with van der Waals surface area (Å²) in [5.74, 6) is -1.85. The minimum Gasteiger partial charge on any atom is -0.476 e. The number of nitrogens with one attached hydrogen (secondary N) is 2. The van der Waals surface area contributed by atoms with Crippen molar-refractivity contribution in [3.8, 4) is 11.1 Å². The van der Waals surface area contributed by atoms with E-state index in [1.807, 2.05) is 54.6 Å². The predicted molar refractivity (Wildman–Crippen MR) is 153 cm³/mol. The fourth-order valence-corrected chi connectivity index (χ4v) is 5.58. The minimum absolute atomic E-state index is 0.0128. The number of hydrogen-bond donors (Lipinski definition) is 4. The van der Waals surface area contributed by atoms with Crippen LogP contribution in [0.3, 0.4) is 0 Å². The van der Waals surface area contributed by atoms with E-state index >= 15 is 4.39 Å². The Bertz CT molecular complexity index is 1750. The van der Waals surface area contributed by atoms with Crippen molar-refractivity contribution in [1.29, 1.82) is 5.41 Å². The monoisotopic (exact) mass is 576 g/mol. The van der Waals surface area contributed by atoms with Gasteiger partial charge in [0.2, 0.25) is 10.0 Å². The number of sulfonamides is 1. The molecule has 0 saturated heterocycles. The quantitative estimate of drug-likeness (QED) is 0.179. The SMILES string of the molecule is N=C(/C(Cc1ccc(S(N)(=O)=O)cc1F)=C(\Nc1nc(C(=O)O)cs1)C1CC1)c1cccc(-c2ccccc2)c1. The molecule has 1 aromatic heterocycles. The van der Waals surface area contributed by atoms with Gasteiger partial charge in [0.1, 0.15) is 5.82 Å². The zero-order valence-corrected chi connectivity index (χ0v) is 22.7. The Morgan fingerprint density at radius 3 is 2.42 bits per heavy atom. The Morgan fingerprint density at radius 1 is 1.07 bits per heavy atom. The number of aromatic carboxylic acids is 1. The van der Waals surface area contributed by atoms with Gasteiger partial charge in [-0.15, -0.1) is 11.3 Å². The van der Waals surface area contributed by atoms with Crippen LogP contribution in [0.1, 0.15) is 34.5 Å². The number of thiazole rings is 1. The van der Waals surface area contributed by atoms with Crippen LogP contribution in [0.25, 0.3) is 11.1 Å². The summed E-state index contributed by atoms with van der Waals surface area (Å²) in [6, 6.07) is 20.7. The van der Waals surface area contributed by atoms with Crippen molar-refractivity contribution in [2.24, 2.45) is 11.1 Å². The number of hydrogen-bond acceptors (Lipinski definition) is 7. The highest BCUT2D eigenvalue weighted by Crippen LogP contribution is 2.40. The number of aromatic nitrogens is 1. The van der Waals surface area contributed by atoms with Crippen LogP contribution in [-0.2, 0) is 16.4 Å². The number of benzene rings is 3. The lowest BCUT2D eigenvalue weighted by Gasteiger charge is -2.19. The van der Waals surface area contributed by atoms with Crippen molar-refractivity contribution in [3.05, 3.63) is 112 Å². The van der Waals surface area contributed by atoms with E-state index in [0.717, 1.165) is 41.4 Å². The van der Waals surface area contributed by atoms with E-state index in [1.54, 1.807) is 0 Å². The van der Waals surface area contributed by atoms with E-state index in [2.05, 4.69) is 10.3 Å². The smallest absolute Gasteiger partial charge is 0.355 e. The van der Waals surface area contributed by atoms with Gasteiger partial charge in [-0.1, -0.05) is 54.6 Å². The number of halogens is 1. The van der Waals surface area contributed by atoms with Gasteiger partial charge in [0.05, 0.1) is 10.6 Å². The molecule has 0 unspecified atom stereocenters. The molecule has 1 heterocycles. The van der Waals surface area contributed by atoms with Gasteiger partial charge in [-0.25, -0.2) is 27.7 Å². The number of nitrogens with zero attached hydrogens (tertiary/aromatic N) is 1. The first-order chi connectivity index (χ1) is 19.1. The maximum absolute atomic E-state index is 15.2. The summed E-state index contributed by atoms with van der Waals surface area (Å²) in [5, 5.41) is 28.7. The van der Waals surface area contributed by atoms with E-state index in [1.165, 1.54) is 17.5 Å². The van der Waals surface area contributed by atoms with Crippen molar-refractivity contribution in [2.75, 3.05) is 5.32 Å². The van der Waals surface area contributed by atoms with Gasteiger partial charge < -0.3 is 10.4 Å². The van der Waals surface area contributed by atoms with Gasteiger partial charge in [0.15, 0.2) is 10.8 Å².